The predicted molar refractivity (Wildman–Crippen MR) is 109 cm³/mol. The van der Waals surface area contributed by atoms with Crippen LogP contribution in [0.4, 0.5) is 0 Å². The first-order valence-corrected chi connectivity index (χ1v) is 10.3. The Morgan fingerprint density at radius 3 is 2.00 bits per heavy atom. The molecule has 8 heteroatoms. The minimum Gasteiger partial charge on any atom is -0.493 e. The lowest BCUT2D eigenvalue weighted by Crippen LogP contribution is -2.47. The van der Waals surface area contributed by atoms with Crippen LogP contribution in [0.25, 0.3) is 0 Å². The van der Waals surface area contributed by atoms with Gasteiger partial charge >= 0.3 is 5.97 Å². The molecule has 0 fully saturated rings. The van der Waals surface area contributed by atoms with Crippen LogP contribution in [0.5, 0.6) is 17.2 Å². The summed E-state index contributed by atoms with van der Waals surface area (Å²) >= 11 is 1.51. The molecule has 0 saturated carbocycles. The number of esters is 1. The van der Waals surface area contributed by atoms with Crippen LogP contribution in [-0.4, -0.2) is 55.0 Å². The van der Waals surface area contributed by atoms with Gasteiger partial charge in [-0.05, 0) is 42.7 Å². The second kappa shape index (κ2) is 9.00. The van der Waals surface area contributed by atoms with Gasteiger partial charge in [0.2, 0.25) is 5.75 Å². The summed E-state index contributed by atoms with van der Waals surface area (Å²) in [5.41, 5.74) is 0.573. The number of para-hydroxylation sites is 1. The number of imide groups is 1. The van der Waals surface area contributed by atoms with Gasteiger partial charge in [-0.3, -0.25) is 14.5 Å². The van der Waals surface area contributed by atoms with Gasteiger partial charge in [0.05, 0.1) is 25.3 Å². The minimum absolute atomic E-state index is 0.105. The number of nitrogens with zero attached hydrogens (tertiary/aromatic N) is 1. The second-order valence-electron chi connectivity index (χ2n) is 6.24. The highest BCUT2D eigenvalue weighted by Gasteiger charge is 2.43. The van der Waals surface area contributed by atoms with Gasteiger partial charge in [-0.25, -0.2) is 4.79 Å². The Balaban J connectivity index is 1.94. The topological polar surface area (TPSA) is 82.1 Å². The van der Waals surface area contributed by atoms with Gasteiger partial charge in [0.15, 0.2) is 11.5 Å². The number of hydrogen-bond donors (Lipinski definition) is 0. The molecule has 0 saturated heterocycles. The van der Waals surface area contributed by atoms with E-state index < -0.39 is 23.8 Å². The summed E-state index contributed by atoms with van der Waals surface area (Å²) in [5, 5.41) is 0. The summed E-state index contributed by atoms with van der Waals surface area (Å²) in [6.07, 6.45) is 2.15. The summed E-state index contributed by atoms with van der Waals surface area (Å²) in [4.78, 5) is 39.8. The zero-order valence-electron chi connectivity index (χ0n) is 16.3. The van der Waals surface area contributed by atoms with Gasteiger partial charge in [0.25, 0.3) is 11.8 Å². The Labute approximate surface area is 172 Å². The van der Waals surface area contributed by atoms with Crippen LogP contribution in [-0.2, 0) is 4.79 Å². The quantitative estimate of drug-likeness (QED) is 0.372. The molecule has 152 valence electrons. The van der Waals surface area contributed by atoms with E-state index in [0.29, 0.717) is 17.3 Å². The SMILES string of the molecule is COc1cccc(OC)c1OC(=O)[C@@H](CCSC)N1C(=O)c2ccccc2C1=O. The lowest BCUT2D eigenvalue weighted by atomic mass is 10.1. The molecule has 2 aromatic rings. The van der Waals surface area contributed by atoms with E-state index in [4.69, 9.17) is 14.2 Å². The number of benzene rings is 2. The molecule has 1 aliphatic heterocycles. The average Bonchev–Trinajstić information content (AvgIpc) is 2.99. The molecule has 1 atom stereocenters. The predicted octanol–water partition coefficient (Wildman–Crippen LogP) is 3.03. The normalized spacial score (nSPS) is 13.8. The lowest BCUT2D eigenvalue weighted by Gasteiger charge is -2.25. The van der Waals surface area contributed by atoms with E-state index in [-0.39, 0.29) is 23.3 Å². The van der Waals surface area contributed by atoms with Crippen LogP contribution in [0.3, 0.4) is 0 Å². The monoisotopic (exact) mass is 415 g/mol. The van der Waals surface area contributed by atoms with Crippen molar-refractivity contribution in [3.05, 3.63) is 53.6 Å². The number of hydrogen-bond acceptors (Lipinski definition) is 7. The van der Waals surface area contributed by atoms with Crippen molar-refractivity contribution < 1.29 is 28.6 Å². The molecule has 0 bridgehead atoms. The van der Waals surface area contributed by atoms with Crippen molar-refractivity contribution in [3.8, 4) is 17.2 Å². The van der Waals surface area contributed by atoms with E-state index in [1.54, 1.807) is 42.5 Å². The van der Waals surface area contributed by atoms with E-state index in [1.807, 2.05) is 6.26 Å². The number of fused-ring (bicyclic) bond motifs is 1. The van der Waals surface area contributed by atoms with Gasteiger partial charge in [-0.1, -0.05) is 18.2 Å². The number of carbonyl (C=O) groups excluding carboxylic acids is 3. The van der Waals surface area contributed by atoms with Crippen LogP contribution in [0, 0.1) is 0 Å². The van der Waals surface area contributed by atoms with Crippen molar-refractivity contribution in [2.75, 3.05) is 26.2 Å². The largest absolute Gasteiger partial charge is 0.493 e. The first-order chi connectivity index (χ1) is 14.0. The molecule has 2 aromatic carbocycles. The fourth-order valence-corrected chi connectivity index (χ4v) is 3.62. The van der Waals surface area contributed by atoms with Gasteiger partial charge in [0, 0.05) is 0 Å². The van der Waals surface area contributed by atoms with E-state index >= 15 is 0 Å². The Morgan fingerprint density at radius 2 is 1.52 bits per heavy atom. The Hall–Kier alpha value is -3.00. The molecule has 0 aliphatic carbocycles. The molecule has 0 N–H and O–H groups in total. The molecule has 2 amide bonds. The van der Waals surface area contributed by atoms with Crippen LogP contribution in [0.2, 0.25) is 0 Å². The van der Waals surface area contributed by atoms with Crippen LogP contribution in [0.1, 0.15) is 27.1 Å². The molecule has 29 heavy (non-hydrogen) atoms. The number of ether oxygens (including phenoxy) is 3. The molecule has 0 spiro atoms. The minimum atomic E-state index is -1.07. The Morgan fingerprint density at radius 1 is 0.966 bits per heavy atom. The fraction of sp³-hybridized carbons (Fsp3) is 0.286. The van der Waals surface area contributed by atoms with Gasteiger partial charge in [-0.15, -0.1) is 0 Å². The summed E-state index contributed by atoms with van der Waals surface area (Å²) in [6.45, 7) is 0. The maximum Gasteiger partial charge on any atom is 0.335 e. The first kappa shape index (κ1) is 20.7. The van der Waals surface area contributed by atoms with Crippen LogP contribution >= 0.6 is 11.8 Å². The molecule has 1 aliphatic rings. The highest BCUT2D eigenvalue weighted by Crippen LogP contribution is 2.37. The van der Waals surface area contributed by atoms with Crippen LogP contribution in [0.15, 0.2) is 42.5 Å². The second-order valence-corrected chi connectivity index (χ2v) is 7.22. The van der Waals surface area contributed by atoms with Crippen molar-refractivity contribution >= 4 is 29.5 Å². The van der Waals surface area contributed by atoms with Gasteiger partial charge in [0.1, 0.15) is 6.04 Å². The zero-order chi connectivity index (χ0) is 21.0. The summed E-state index contributed by atoms with van der Waals surface area (Å²) < 4.78 is 16.1. The molecule has 0 radical (unpaired) electrons. The zero-order valence-corrected chi connectivity index (χ0v) is 17.2. The van der Waals surface area contributed by atoms with E-state index in [0.717, 1.165) is 4.90 Å². The number of methoxy groups -OCH3 is 2. The molecule has 3 rings (SSSR count). The fourth-order valence-electron chi connectivity index (χ4n) is 3.16. The van der Waals surface area contributed by atoms with E-state index in [2.05, 4.69) is 0 Å². The third-order valence-corrected chi connectivity index (χ3v) is 5.23. The van der Waals surface area contributed by atoms with Gasteiger partial charge < -0.3 is 14.2 Å². The average molecular weight is 415 g/mol. The first-order valence-electron chi connectivity index (χ1n) is 8.92. The summed E-state index contributed by atoms with van der Waals surface area (Å²) in [6, 6.07) is 10.4. The maximum absolute atomic E-state index is 13.1. The van der Waals surface area contributed by atoms with E-state index in [1.165, 1.54) is 26.0 Å². The smallest absolute Gasteiger partial charge is 0.335 e. The highest BCUT2D eigenvalue weighted by molar-refractivity contribution is 7.98. The molecule has 0 unspecified atom stereocenters. The van der Waals surface area contributed by atoms with Crippen molar-refractivity contribution in [2.24, 2.45) is 0 Å². The van der Waals surface area contributed by atoms with Crippen LogP contribution < -0.4 is 14.2 Å². The van der Waals surface area contributed by atoms with Gasteiger partial charge in [-0.2, -0.15) is 11.8 Å². The third kappa shape index (κ3) is 3.93. The standard InChI is InChI=1S/C21H21NO6S/c1-26-16-9-6-10-17(27-2)18(16)28-21(25)15(11-12-29-3)22-19(23)13-7-4-5-8-14(13)20(22)24/h4-10,15H,11-12H2,1-3H3/t15-/m1/s1. The van der Waals surface area contributed by atoms with Crippen molar-refractivity contribution in [3.63, 3.8) is 0 Å². The number of amides is 2. The molecule has 0 aromatic heterocycles. The molecule has 7 nitrogen and oxygen atoms in total. The molecular formula is C21H21NO6S. The Kier molecular flexibility index (Phi) is 6.43. The maximum atomic E-state index is 13.1. The molecule has 1 heterocycles. The number of carbonyl (C=O) groups is 3. The number of thioether (sulfide) groups is 1. The van der Waals surface area contributed by atoms with Crippen molar-refractivity contribution in [2.45, 2.75) is 12.5 Å². The summed E-state index contributed by atoms with van der Waals surface area (Å²) in [7, 11) is 2.89. The van der Waals surface area contributed by atoms with Crippen molar-refractivity contribution in [1.29, 1.82) is 0 Å². The van der Waals surface area contributed by atoms with Crippen molar-refractivity contribution in [1.82, 2.24) is 4.90 Å². The Bertz CT molecular complexity index is 887. The molecular weight excluding hydrogens is 394 g/mol. The number of rotatable bonds is 8. The lowest BCUT2D eigenvalue weighted by molar-refractivity contribution is -0.139. The van der Waals surface area contributed by atoms with E-state index in [9.17, 15) is 14.4 Å². The summed E-state index contributed by atoms with van der Waals surface area (Å²) in [5.74, 6) is -0.436. The third-order valence-electron chi connectivity index (χ3n) is 4.59. The highest BCUT2D eigenvalue weighted by atomic mass is 32.2.